The molecule has 0 saturated heterocycles. The van der Waals surface area contributed by atoms with Gasteiger partial charge in [-0.2, -0.15) is 9.25 Å². The van der Waals surface area contributed by atoms with Crippen LogP contribution in [0.15, 0.2) is 77.8 Å². The van der Waals surface area contributed by atoms with E-state index < -0.39 is 0 Å². The molecule has 9 heteroatoms. The Balaban J connectivity index is 1.70. The lowest BCUT2D eigenvalue weighted by atomic mass is 10.1. The van der Waals surface area contributed by atoms with Crippen molar-refractivity contribution in [1.82, 2.24) is 14.7 Å². The van der Waals surface area contributed by atoms with Gasteiger partial charge in [-0.15, -0.1) is 5.10 Å². The number of aromatic amines is 1. The number of anilines is 2. The number of aromatic nitrogens is 3. The molecule has 1 N–H and O–H groups in total. The minimum absolute atomic E-state index is 0.299. The fraction of sp³-hybridized carbons (Fsp3) is 0.276. The van der Waals surface area contributed by atoms with E-state index in [4.69, 9.17) is 12.2 Å². The van der Waals surface area contributed by atoms with Gasteiger partial charge >= 0.3 is 4.77 Å². The van der Waals surface area contributed by atoms with Gasteiger partial charge in [-0.1, -0.05) is 30.3 Å². The van der Waals surface area contributed by atoms with E-state index in [0.717, 1.165) is 34.0 Å². The molecule has 0 aliphatic heterocycles. The first-order chi connectivity index (χ1) is 18.1. The Morgan fingerprint density at radius 1 is 0.895 bits per heavy atom. The van der Waals surface area contributed by atoms with E-state index in [1.54, 1.807) is 4.90 Å². The van der Waals surface area contributed by atoms with Crippen LogP contribution in [-0.2, 0) is 20.1 Å². The second-order valence-electron chi connectivity index (χ2n) is 9.76. The second-order valence-corrected chi connectivity index (χ2v) is 10.1. The van der Waals surface area contributed by atoms with Gasteiger partial charge in [0.05, 0.1) is 18.8 Å². The summed E-state index contributed by atoms with van der Waals surface area (Å²) in [6, 6.07) is 23.7. The van der Waals surface area contributed by atoms with E-state index in [0.29, 0.717) is 23.5 Å². The van der Waals surface area contributed by atoms with Gasteiger partial charge in [0.25, 0.3) is 0 Å². The second kappa shape index (κ2) is 11.5. The van der Waals surface area contributed by atoms with Crippen LogP contribution < -0.4 is 19.5 Å². The largest absolute Gasteiger partial charge is 0.846 e. The van der Waals surface area contributed by atoms with Gasteiger partial charge in [-0.05, 0) is 59.7 Å². The van der Waals surface area contributed by atoms with E-state index in [2.05, 4.69) is 44.2 Å². The fourth-order valence-corrected chi connectivity index (χ4v) is 4.63. The van der Waals surface area contributed by atoms with Crippen LogP contribution >= 0.6 is 12.2 Å². The molecule has 0 unspecified atom stereocenters. The van der Waals surface area contributed by atoms with Gasteiger partial charge in [-0.3, -0.25) is 0 Å². The van der Waals surface area contributed by atoms with Crippen molar-refractivity contribution < 1.29 is 9.67 Å². The molecule has 0 radical (unpaired) electrons. The predicted molar refractivity (Wildman–Crippen MR) is 155 cm³/mol. The summed E-state index contributed by atoms with van der Waals surface area (Å²) in [5.41, 5.74) is 5.67. The molecule has 0 aliphatic carbocycles. The topological polar surface area (TPSA) is 69.7 Å². The molecule has 4 aromatic rings. The molecule has 0 saturated carbocycles. The first-order valence-corrected chi connectivity index (χ1v) is 12.8. The van der Waals surface area contributed by atoms with Crippen molar-refractivity contribution in [2.45, 2.75) is 20.0 Å². The standard InChI is InChI=1S/C29H35N7OS/c1-21-34(6)31-29(38)36(21)27-15-9-12-24(18-27)30-28(37)35(19-22-10-7-13-25(16-22)32(2)3)20-23-11-8-14-26(17-23)33(4)5/h7-18H,19-20H2,1-6H3,(H-,30,31,37,38). The summed E-state index contributed by atoms with van der Waals surface area (Å²) in [7, 11) is 9.95. The maximum atomic E-state index is 13.6. The van der Waals surface area contributed by atoms with Gasteiger partial charge in [0.15, 0.2) is 0 Å². The zero-order valence-electron chi connectivity index (χ0n) is 22.8. The highest BCUT2D eigenvalue weighted by Gasteiger charge is 2.15. The zero-order valence-corrected chi connectivity index (χ0v) is 23.7. The Hall–Kier alpha value is -4.11. The number of H-pyrrole nitrogens is 1. The van der Waals surface area contributed by atoms with Crippen LogP contribution in [0.5, 0.6) is 0 Å². The molecule has 0 spiro atoms. The number of nitrogens with zero attached hydrogens (tertiary/aromatic N) is 6. The number of hydrogen-bond acceptors (Lipinski definition) is 5. The Bertz CT molecular complexity index is 1450. The minimum Gasteiger partial charge on any atom is -0.846 e. The first kappa shape index (κ1) is 26.9. The Morgan fingerprint density at radius 2 is 1.45 bits per heavy atom. The third-order valence-corrected chi connectivity index (χ3v) is 6.73. The Labute approximate surface area is 229 Å². The highest BCUT2D eigenvalue weighted by atomic mass is 32.1. The smallest absolute Gasteiger partial charge is 0.328 e. The van der Waals surface area contributed by atoms with Crippen LogP contribution in [-0.4, -0.2) is 48.9 Å². The van der Waals surface area contributed by atoms with Crippen molar-refractivity contribution >= 4 is 35.3 Å². The SMILES string of the molecule is Cc1n(C)[nH]c(=S)[n+]1-c1cccc(N=C([O-])N(Cc2cccc(N(C)C)c2)Cc2cccc(N(C)C)c2)c1. The monoisotopic (exact) mass is 529 g/mol. The molecule has 198 valence electrons. The molecule has 0 bridgehead atoms. The summed E-state index contributed by atoms with van der Waals surface area (Å²) in [4.78, 5) is 10.4. The lowest BCUT2D eigenvalue weighted by molar-refractivity contribution is -0.610. The number of hydrogen-bond donors (Lipinski definition) is 1. The summed E-state index contributed by atoms with van der Waals surface area (Å²) in [6.07, 6.45) is 0. The van der Waals surface area contributed by atoms with Crippen molar-refractivity contribution in [2.75, 3.05) is 38.0 Å². The summed E-state index contributed by atoms with van der Waals surface area (Å²) in [5.74, 6) is 0.946. The summed E-state index contributed by atoms with van der Waals surface area (Å²) in [6.45, 7) is 2.86. The maximum Gasteiger partial charge on any atom is 0.328 e. The lowest BCUT2D eigenvalue weighted by Crippen LogP contribution is -2.39. The Morgan fingerprint density at radius 3 is 1.95 bits per heavy atom. The average molecular weight is 530 g/mol. The quantitative estimate of drug-likeness (QED) is 0.163. The molecule has 3 aromatic carbocycles. The normalized spacial score (nSPS) is 11.5. The van der Waals surface area contributed by atoms with Crippen LogP contribution in [0, 0.1) is 11.7 Å². The third-order valence-electron chi connectivity index (χ3n) is 6.46. The first-order valence-electron chi connectivity index (χ1n) is 12.4. The number of nitrogens with one attached hydrogen (secondary N) is 1. The molecule has 1 aromatic heterocycles. The van der Waals surface area contributed by atoms with Crippen molar-refractivity contribution in [3.05, 3.63) is 94.5 Å². The van der Waals surface area contributed by atoms with E-state index in [-0.39, 0.29) is 6.02 Å². The van der Waals surface area contributed by atoms with Crippen LogP contribution in [0.2, 0.25) is 0 Å². The van der Waals surface area contributed by atoms with E-state index >= 15 is 0 Å². The van der Waals surface area contributed by atoms with Gasteiger partial charge in [-0.25, -0.2) is 4.99 Å². The number of aliphatic imine (C=N–C) groups is 1. The number of amidine groups is 1. The highest BCUT2D eigenvalue weighted by Crippen LogP contribution is 2.21. The summed E-state index contributed by atoms with van der Waals surface area (Å²) >= 11 is 5.49. The third kappa shape index (κ3) is 6.23. The van der Waals surface area contributed by atoms with Gasteiger partial charge in [0.1, 0.15) is 5.69 Å². The number of rotatable bonds is 8. The molecule has 38 heavy (non-hydrogen) atoms. The zero-order chi connectivity index (χ0) is 27.4. The van der Waals surface area contributed by atoms with Crippen LogP contribution in [0.1, 0.15) is 17.0 Å². The highest BCUT2D eigenvalue weighted by molar-refractivity contribution is 7.71. The van der Waals surface area contributed by atoms with Crippen molar-refractivity contribution in [1.29, 1.82) is 0 Å². The molecule has 4 rings (SSSR count). The molecule has 0 fully saturated rings. The van der Waals surface area contributed by atoms with Gasteiger partial charge in [0, 0.05) is 65.6 Å². The van der Waals surface area contributed by atoms with Crippen molar-refractivity contribution in [2.24, 2.45) is 12.0 Å². The van der Waals surface area contributed by atoms with Crippen molar-refractivity contribution in [3.8, 4) is 5.69 Å². The molecular formula is C29H35N7OS. The summed E-state index contributed by atoms with van der Waals surface area (Å²) < 4.78 is 4.37. The van der Waals surface area contributed by atoms with E-state index in [9.17, 15) is 5.11 Å². The van der Waals surface area contributed by atoms with Gasteiger partial charge < -0.3 is 19.8 Å². The van der Waals surface area contributed by atoms with Crippen LogP contribution in [0.25, 0.3) is 5.69 Å². The average Bonchev–Trinajstić information content (AvgIpc) is 3.14. The maximum absolute atomic E-state index is 13.6. The molecule has 1 heterocycles. The molecule has 8 nitrogen and oxygen atoms in total. The predicted octanol–water partition coefficient (Wildman–Crippen LogP) is 3.85. The lowest BCUT2D eigenvalue weighted by Gasteiger charge is -2.30. The Kier molecular flexibility index (Phi) is 8.16. The minimum atomic E-state index is -0.299. The van der Waals surface area contributed by atoms with Crippen molar-refractivity contribution in [3.63, 3.8) is 0 Å². The van der Waals surface area contributed by atoms with Crippen LogP contribution in [0.4, 0.5) is 17.1 Å². The molecule has 0 atom stereocenters. The van der Waals surface area contributed by atoms with E-state index in [1.807, 2.05) is 99.9 Å². The fourth-order valence-electron chi connectivity index (χ4n) is 4.26. The summed E-state index contributed by atoms with van der Waals surface area (Å²) in [5, 5.41) is 16.8. The van der Waals surface area contributed by atoms with E-state index in [1.165, 1.54) is 0 Å². The number of aryl methyl sites for hydroxylation is 1. The van der Waals surface area contributed by atoms with Gasteiger partial charge in [0.2, 0.25) is 5.82 Å². The molecule has 0 aliphatic rings. The number of benzene rings is 3. The molecule has 0 amide bonds. The molecular weight excluding hydrogens is 494 g/mol. The van der Waals surface area contributed by atoms with Crippen LogP contribution in [0.3, 0.4) is 0 Å².